The van der Waals surface area contributed by atoms with Crippen molar-refractivity contribution in [3.05, 3.63) is 97.9 Å². The molecular formula is C22H12Cl3FO3. The number of allylic oxidation sites excluding steroid dienone is 1. The summed E-state index contributed by atoms with van der Waals surface area (Å²) in [6, 6.07) is 14.4. The van der Waals surface area contributed by atoms with E-state index >= 15 is 0 Å². The molecule has 0 bridgehead atoms. The second-order valence-corrected chi connectivity index (χ2v) is 7.49. The van der Waals surface area contributed by atoms with Crippen LogP contribution < -0.4 is 9.47 Å². The summed E-state index contributed by atoms with van der Waals surface area (Å²) in [6.07, 6.45) is 1.30. The van der Waals surface area contributed by atoms with Crippen molar-refractivity contribution in [3.8, 4) is 11.5 Å². The van der Waals surface area contributed by atoms with E-state index in [1.165, 1.54) is 18.2 Å². The largest absolute Gasteiger partial charge is 0.489 e. The summed E-state index contributed by atoms with van der Waals surface area (Å²) in [5, 5.41) is 1.10. The van der Waals surface area contributed by atoms with E-state index < -0.39 is 5.82 Å². The van der Waals surface area contributed by atoms with Gasteiger partial charge in [0.2, 0.25) is 5.78 Å². The minimum absolute atomic E-state index is 0.00590. The predicted octanol–water partition coefficient (Wildman–Crippen LogP) is 6.98. The SMILES string of the molecule is O=C1/C(=C/c2c(F)cccc2Cl)Oc2cc(OCc3ccc(Cl)c(Cl)c3)ccc21. The molecule has 7 heteroatoms. The summed E-state index contributed by atoms with van der Waals surface area (Å²) in [5.41, 5.74) is 1.30. The Kier molecular flexibility index (Phi) is 5.50. The Morgan fingerprint density at radius 2 is 1.79 bits per heavy atom. The van der Waals surface area contributed by atoms with Crippen LogP contribution in [-0.4, -0.2) is 5.78 Å². The molecule has 0 saturated heterocycles. The highest BCUT2D eigenvalue weighted by atomic mass is 35.5. The molecule has 3 nitrogen and oxygen atoms in total. The van der Waals surface area contributed by atoms with E-state index in [1.807, 2.05) is 0 Å². The van der Waals surface area contributed by atoms with Crippen LogP contribution >= 0.6 is 34.8 Å². The fraction of sp³-hybridized carbons (Fsp3) is 0.0455. The van der Waals surface area contributed by atoms with Crippen molar-refractivity contribution in [1.29, 1.82) is 0 Å². The summed E-state index contributed by atoms with van der Waals surface area (Å²) in [5.74, 6) is -0.0554. The summed E-state index contributed by atoms with van der Waals surface area (Å²) in [7, 11) is 0. The summed E-state index contributed by atoms with van der Waals surface area (Å²) in [6.45, 7) is 0.261. The standard InChI is InChI=1S/C22H12Cl3FO3/c23-16-2-1-3-19(26)15(16)10-21-22(27)14-6-5-13(9-20(14)29-21)28-11-12-4-7-17(24)18(25)8-12/h1-10H,11H2/b21-10-. The van der Waals surface area contributed by atoms with Crippen molar-refractivity contribution in [3.63, 3.8) is 0 Å². The number of rotatable bonds is 4. The van der Waals surface area contributed by atoms with E-state index in [2.05, 4.69) is 0 Å². The van der Waals surface area contributed by atoms with E-state index in [9.17, 15) is 9.18 Å². The van der Waals surface area contributed by atoms with Crippen molar-refractivity contribution in [2.24, 2.45) is 0 Å². The summed E-state index contributed by atoms with van der Waals surface area (Å²) >= 11 is 17.9. The highest BCUT2D eigenvalue weighted by molar-refractivity contribution is 6.42. The van der Waals surface area contributed by atoms with Gasteiger partial charge in [-0.15, -0.1) is 0 Å². The fourth-order valence-corrected chi connectivity index (χ4v) is 3.37. The van der Waals surface area contributed by atoms with Crippen molar-refractivity contribution in [2.45, 2.75) is 6.61 Å². The number of hydrogen-bond acceptors (Lipinski definition) is 3. The second kappa shape index (κ2) is 8.07. The van der Waals surface area contributed by atoms with Gasteiger partial charge in [-0.2, -0.15) is 0 Å². The lowest BCUT2D eigenvalue weighted by Crippen LogP contribution is -1.99. The molecule has 0 radical (unpaired) electrons. The van der Waals surface area contributed by atoms with Crippen LogP contribution in [0.2, 0.25) is 15.1 Å². The third kappa shape index (κ3) is 4.10. The molecule has 3 aromatic rings. The maximum absolute atomic E-state index is 14.0. The Bertz CT molecular complexity index is 1140. The molecule has 1 heterocycles. The number of Topliss-reactive ketones (excluding diaryl/α,β-unsaturated/α-hetero) is 1. The van der Waals surface area contributed by atoms with Gasteiger partial charge >= 0.3 is 0 Å². The quantitative estimate of drug-likeness (QED) is 0.403. The van der Waals surface area contributed by atoms with Crippen molar-refractivity contribution in [2.75, 3.05) is 0 Å². The molecule has 0 saturated carbocycles. The first kappa shape index (κ1) is 19.8. The van der Waals surface area contributed by atoms with E-state index in [4.69, 9.17) is 44.3 Å². The molecule has 1 aliphatic heterocycles. The number of ketones is 1. The molecule has 0 amide bonds. The third-order valence-electron chi connectivity index (χ3n) is 4.31. The van der Waals surface area contributed by atoms with Gasteiger partial charge in [-0.05, 0) is 48.0 Å². The molecule has 0 atom stereocenters. The first-order chi connectivity index (χ1) is 13.9. The number of carbonyl (C=O) groups is 1. The van der Waals surface area contributed by atoms with Crippen LogP contribution in [0.25, 0.3) is 6.08 Å². The van der Waals surface area contributed by atoms with Crippen LogP contribution in [0.1, 0.15) is 21.5 Å². The average molecular weight is 450 g/mol. The molecule has 0 fully saturated rings. The molecular weight excluding hydrogens is 438 g/mol. The highest BCUT2D eigenvalue weighted by Crippen LogP contribution is 2.36. The van der Waals surface area contributed by atoms with Crippen molar-refractivity contribution >= 4 is 46.7 Å². The number of carbonyl (C=O) groups excluding carboxylic acids is 1. The minimum Gasteiger partial charge on any atom is -0.489 e. The van der Waals surface area contributed by atoms with Gasteiger partial charge in [0.25, 0.3) is 0 Å². The summed E-state index contributed by atoms with van der Waals surface area (Å²) < 4.78 is 25.4. The summed E-state index contributed by atoms with van der Waals surface area (Å²) in [4.78, 5) is 12.6. The Morgan fingerprint density at radius 1 is 0.966 bits per heavy atom. The maximum atomic E-state index is 14.0. The molecule has 1 aliphatic rings. The Balaban J connectivity index is 1.54. The van der Waals surface area contributed by atoms with Crippen LogP contribution in [0.5, 0.6) is 11.5 Å². The zero-order valence-electron chi connectivity index (χ0n) is 14.7. The van der Waals surface area contributed by atoms with E-state index in [0.29, 0.717) is 27.1 Å². The normalized spacial score (nSPS) is 14.1. The van der Waals surface area contributed by atoms with Crippen LogP contribution in [0.4, 0.5) is 4.39 Å². The first-order valence-corrected chi connectivity index (χ1v) is 9.65. The maximum Gasteiger partial charge on any atom is 0.231 e. The van der Waals surface area contributed by atoms with Gasteiger partial charge in [0.1, 0.15) is 23.9 Å². The smallest absolute Gasteiger partial charge is 0.231 e. The Labute approximate surface area is 181 Å². The van der Waals surface area contributed by atoms with Crippen LogP contribution in [0.15, 0.2) is 60.4 Å². The van der Waals surface area contributed by atoms with E-state index in [1.54, 1.807) is 42.5 Å². The molecule has 3 aromatic carbocycles. The van der Waals surface area contributed by atoms with Gasteiger partial charge in [0, 0.05) is 11.6 Å². The predicted molar refractivity (Wildman–Crippen MR) is 112 cm³/mol. The second-order valence-electron chi connectivity index (χ2n) is 6.27. The molecule has 0 N–H and O–H groups in total. The van der Waals surface area contributed by atoms with Crippen LogP contribution in [0, 0.1) is 5.82 Å². The molecule has 146 valence electrons. The van der Waals surface area contributed by atoms with Crippen LogP contribution in [0.3, 0.4) is 0 Å². The number of hydrogen-bond donors (Lipinski definition) is 0. The topological polar surface area (TPSA) is 35.5 Å². The fourth-order valence-electron chi connectivity index (χ4n) is 2.83. The molecule has 0 spiro atoms. The van der Waals surface area contributed by atoms with Gasteiger partial charge in [0.05, 0.1) is 20.6 Å². The first-order valence-electron chi connectivity index (χ1n) is 8.51. The van der Waals surface area contributed by atoms with Gasteiger partial charge in [-0.25, -0.2) is 4.39 Å². The zero-order valence-corrected chi connectivity index (χ0v) is 17.0. The number of benzene rings is 3. The lowest BCUT2D eigenvalue weighted by Gasteiger charge is -2.08. The number of ether oxygens (including phenoxy) is 2. The monoisotopic (exact) mass is 448 g/mol. The lowest BCUT2D eigenvalue weighted by atomic mass is 10.1. The van der Waals surface area contributed by atoms with Gasteiger partial charge in [-0.3, -0.25) is 4.79 Å². The van der Waals surface area contributed by atoms with Gasteiger partial charge in [0.15, 0.2) is 5.76 Å². The molecule has 0 unspecified atom stereocenters. The zero-order chi connectivity index (χ0) is 20.5. The Morgan fingerprint density at radius 3 is 2.55 bits per heavy atom. The third-order valence-corrected chi connectivity index (χ3v) is 5.37. The number of fused-ring (bicyclic) bond motifs is 1. The van der Waals surface area contributed by atoms with Gasteiger partial charge in [-0.1, -0.05) is 46.9 Å². The molecule has 0 aliphatic carbocycles. The van der Waals surface area contributed by atoms with E-state index in [0.717, 1.165) is 5.56 Å². The number of halogens is 4. The minimum atomic E-state index is -0.539. The molecule has 4 rings (SSSR count). The van der Waals surface area contributed by atoms with E-state index in [-0.39, 0.29) is 28.7 Å². The Hall–Kier alpha value is -2.53. The average Bonchev–Trinajstić information content (AvgIpc) is 3.01. The molecule has 0 aromatic heterocycles. The van der Waals surface area contributed by atoms with Crippen molar-refractivity contribution in [1.82, 2.24) is 0 Å². The highest BCUT2D eigenvalue weighted by Gasteiger charge is 2.28. The van der Waals surface area contributed by atoms with Crippen molar-refractivity contribution < 1.29 is 18.7 Å². The lowest BCUT2D eigenvalue weighted by molar-refractivity contribution is 0.101. The van der Waals surface area contributed by atoms with Crippen LogP contribution in [-0.2, 0) is 6.61 Å². The van der Waals surface area contributed by atoms with Gasteiger partial charge < -0.3 is 9.47 Å². The molecule has 29 heavy (non-hydrogen) atoms.